The van der Waals surface area contributed by atoms with Crippen molar-refractivity contribution in [2.45, 2.75) is 37.6 Å². The number of thioether (sulfide) groups is 1. The van der Waals surface area contributed by atoms with E-state index in [4.69, 9.17) is 0 Å². The van der Waals surface area contributed by atoms with Crippen LogP contribution in [-0.2, 0) is 27.7 Å². The summed E-state index contributed by atoms with van der Waals surface area (Å²) in [6, 6.07) is 13.7. The van der Waals surface area contributed by atoms with Crippen LogP contribution in [0.3, 0.4) is 0 Å². The highest BCUT2D eigenvalue weighted by atomic mass is 32.2. The fourth-order valence-electron chi connectivity index (χ4n) is 3.64. The lowest BCUT2D eigenvalue weighted by Gasteiger charge is -2.27. The average molecular weight is 477 g/mol. The Hall–Kier alpha value is -2.17. The number of thiophene rings is 1. The van der Waals surface area contributed by atoms with E-state index >= 15 is 0 Å². The summed E-state index contributed by atoms with van der Waals surface area (Å²) in [5.41, 5.74) is 1.13. The van der Waals surface area contributed by atoms with E-state index in [2.05, 4.69) is 10.2 Å². The van der Waals surface area contributed by atoms with E-state index in [0.717, 1.165) is 16.3 Å². The summed E-state index contributed by atoms with van der Waals surface area (Å²) in [5, 5.41) is 11.1. The van der Waals surface area contributed by atoms with Crippen LogP contribution in [0.4, 0.5) is 0 Å². The summed E-state index contributed by atoms with van der Waals surface area (Å²) >= 11 is 2.92. The highest BCUT2D eigenvalue weighted by Gasteiger charge is 2.35. The topological polar surface area (TPSA) is 85.2 Å². The van der Waals surface area contributed by atoms with E-state index in [1.54, 1.807) is 16.2 Å². The van der Waals surface area contributed by atoms with Crippen molar-refractivity contribution < 1.29 is 13.2 Å². The third-order valence-electron chi connectivity index (χ3n) is 5.29. The van der Waals surface area contributed by atoms with Crippen LogP contribution >= 0.6 is 23.1 Å². The Morgan fingerprint density at radius 2 is 2.03 bits per heavy atom. The number of carbonyl (C=O) groups excluding carboxylic acids is 1. The van der Waals surface area contributed by atoms with Crippen LogP contribution in [0.15, 0.2) is 53.0 Å². The highest BCUT2D eigenvalue weighted by Crippen LogP contribution is 2.25. The van der Waals surface area contributed by atoms with Crippen molar-refractivity contribution in [3.63, 3.8) is 0 Å². The molecule has 0 spiro atoms. The largest absolute Gasteiger partial charge is 0.333 e. The molecule has 1 unspecified atom stereocenters. The van der Waals surface area contributed by atoms with Crippen molar-refractivity contribution in [1.29, 1.82) is 0 Å². The molecule has 1 fully saturated rings. The molecule has 31 heavy (non-hydrogen) atoms. The number of nitrogens with zero attached hydrogens (tertiary/aromatic N) is 4. The van der Waals surface area contributed by atoms with Crippen molar-refractivity contribution in [2.24, 2.45) is 0 Å². The summed E-state index contributed by atoms with van der Waals surface area (Å²) in [6.45, 7) is 2.97. The minimum absolute atomic E-state index is 0.0398. The van der Waals surface area contributed by atoms with E-state index < -0.39 is 9.84 Å². The van der Waals surface area contributed by atoms with Gasteiger partial charge in [-0.05, 0) is 30.4 Å². The maximum atomic E-state index is 13.2. The van der Waals surface area contributed by atoms with Gasteiger partial charge < -0.3 is 9.47 Å². The molecule has 4 rings (SSSR count). The van der Waals surface area contributed by atoms with Gasteiger partial charge in [0.2, 0.25) is 5.91 Å². The zero-order valence-corrected chi connectivity index (χ0v) is 19.6. The molecule has 0 N–H and O–H groups in total. The second-order valence-electron chi connectivity index (χ2n) is 7.55. The molecular weight excluding hydrogens is 452 g/mol. The summed E-state index contributed by atoms with van der Waals surface area (Å²) in [4.78, 5) is 16.0. The molecule has 2 aromatic heterocycles. The Balaban J connectivity index is 1.47. The van der Waals surface area contributed by atoms with Gasteiger partial charge in [0.1, 0.15) is 5.82 Å². The number of hydrogen-bond acceptors (Lipinski definition) is 7. The van der Waals surface area contributed by atoms with Crippen molar-refractivity contribution in [3.8, 4) is 0 Å². The zero-order chi connectivity index (χ0) is 21.8. The quantitative estimate of drug-likeness (QED) is 0.465. The molecule has 0 saturated carbocycles. The van der Waals surface area contributed by atoms with Gasteiger partial charge in [-0.3, -0.25) is 4.79 Å². The molecule has 1 amide bonds. The van der Waals surface area contributed by atoms with Gasteiger partial charge in [0.15, 0.2) is 15.0 Å². The number of aryl methyl sites for hydroxylation is 1. The smallest absolute Gasteiger partial charge is 0.233 e. The predicted octanol–water partition coefficient (Wildman–Crippen LogP) is 3.00. The Morgan fingerprint density at radius 1 is 1.23 bits per heavy atom. The number of aromatic nitrogens is 3. The lowest BCUT2D eigenvalue weighted by Crippen LogP contribution is -2.41. The minimum Gasteiger partial charge on any atom is -0.333 e. The van der Waals surface area contributed by atoms with Gasteiger partial charge in [0.25, 0.3) is 0 Å². The highest BCUT2D eigenvalue weighted by molar-refractivity contribution is 7.99. The molecule has 164 valence electrons. The first-order chi connectivity index (χ1) is 14.9. The summed E-state index contributed by atoms with van der Waals surface area (Å²) < 4.78 is 26.0. The van der Waals surface area contributed by atoms with E-state index in [9.17, 15) is 13.2 Å². The molecule has 1 aliphatic heterocycles. The second kappa shape index (κ2) is 9.54. The van der Waals surface area contributed by atoms with Gasteiger partial charge >= 0.3 is 0 Å². The first kappa shape index (κ1) is 22.0. The zero-order valence-electron chi connectivity index (χ0n) is 17.2. The maximum Gasteiger partial charge on any atom is 0.233 e. The van der Waals surface area contributed by atoms with Gasteiger partial charge in [-0.25, -0.2) is 8.42 Å². The van der Waals surface area contributed by atoms with Gasteiger partial charge in [0.05, 0.1) is 30.3 Å². The summed E-state index contributed by atoms with van der Waals surface area (Å²) in [7, 11) is -3.08. The molecule has 0 radical (unpaired) electrons. The number of sulfone groups is 1. The van der Waals surface area contributed by atoms with Gasteiger partial charge in [0, 0.05) is 10.9 Å². The molecule has 0 aliphatic carbocycles. The first-order valence-corrected chi connectivity index (χ1v) is 13.7. The van der Waals surface area contributed by atoms with Gasteiger partial charge in [-0.1, -0.05) is 48.2 Å². The maximum absolute atomic E-state index is 13.2. The second-order valence-corrected chi connectivity index (χ2v) is 11.8. The molecule has 10 heteroatoms. The Morgan fingerprint density at radius 3 is 2.71 bits per heavy atom. The lowest BCUT2D eigenvalue weighted by atomic mass is 10.2. The predicted molar refractivity (Wildman–Crippen MR) is 123 cm³/mol. The van der Waals surface area contributed by atoms with Crippen LogP contribution < -0.4 is 0 Å². The molecule has 3 heterocycles. The van der Waals surface area contributed by atoms with Crippen LogP contribution in [-0.4, -0.2) is 57.3 Å². The molecule has 1 saturated heterocycles. The van der Waals surface area contributed by atoms with Crippen LogP contribution in [0.2, 0.25) is 0 Å². The Bertz CT molecular complexity index is 1130. The van der Waals surface area contributed by atoms with Crippen LogP contribution in [0, 0.1) is 6.92 Å². The van der Waals surface area contributed by atoms with Crippen LogP contribution in [0.5, 0.6) is 0 Å². The third kappa shape index (κ3) is 5.55. The number of hydrogen-bond donors (Lipinski definition) is 0. The van der Waals surface area contributed by atoms with Crippen LogP contribution in [0.1, 0.15) is 22.7 Å². The Labute approximate surface area is 190 Å². The number of amides is 1. The summed E-state index contributed by atoms with van der Waals surface area (Å²) in [5.74, 6) is 1.08. The standard InChI is InChI=1S/C21H24N4O3S3/c1-16-22-23-21(24(16)12-17-6-3-2-4-7-17)30-14-20(26)25(13-19-8-5-10-29-19)18-9-11-31(27,28)15-18/h2-8,10,18H,9,11-15H2,1H3. The average Bonchev–Trinajstić information content (AvgIpc) is 3.47. The number of carbonyl (C=O) groups is 1. The minimum atomic E-state index is -3.08. The van der Waals surface area contributed by atoms with Crippen molar-refractivity contribution in [1.82, 2.24) is 19.7 Å². The fraction of sp³-hybridized carbons (Fsp3) is 0.381. The van der Waals surface area contributed by atoms with Crippen LogP contribution in [0.25, 0.3) is 0 Å². The molecule has 1 aliphatic rings. The molecular formula is C21H24N4O3S3. The lowest BCUT2D eigenvalue weighted by molar-refractivity contribution is -0.130. The molecule has 1 aromatic carbocycles. The molecule has 7 nitrogen and oxygen atoms in total. The van der Waals surface area contributed by atoms with E-state index in [0.29, 0.717) is 24.7 Å². The molecule has 1 atom stereocenters. The van der Waals surface area contributed by atoms with Gasteiger partial charge in [-0.2, -0.15) is 0 Å². The first-order valence-electron chi connectivity index (χ1n) is 10.00. The normalized spacial score (nSPS) is 17.6. The van der Waals surface area contributed by atoms with E-state index in [1.165, 1.54) is 11.8 Å². The third-order valence-corrected chi connectivity index (χ3v) is 8.85. The van der Waals surface area contributed by atoms with Gasteiger partial charge in [-0.15, -0.1) is 21.5 Å². The summed E-state index contributed by atoms with van der Waals surface area (Å²) in [6.07, 6.45) is 0.493. The number of benzene rings is 1. The number of rotatable bonds is 8. The monoisotopic (exact) mass is 476 g/mol. The van der Waals surface area contributed by atoms with Crippen molar-refractivity contribution in [2.75, 3.05) is 17.3 Å². The Kier molecular flexibility index (Phi) is 6.78. The SMILES string of the molecule is Cc1nnc(SCC(=O)N(Cc2cccs2)C2CCS(=O)(=O)C2)n1Cc1ccccc1. The van der Waals surface area contributed by atoms with E-state index in [1.807, 2.05) is 59.3 Å². The fourth-order valence-corrected chi connectivity index (χ4v) is 6.94. The molecule has 0 bridgehead atoms. The van der Waals surface area contributed by atoms with Crippen molar-refractivity contribution >= 4 is 38.8 Å². The molecule has 3 aromatic rings. The van der Waals surface area contributed by atoms with Crippen molar-refractivity contribution in [3.05, 3.63) is 64.1 Å². The van der Waals surface area contributed by atoms with E-state index in [-0.39, 0.29) is 29.2 Å².